The number of hydrogen-bond acceptors (Lipinski definition) is 3. The van der Waals surface area contributed by atoms with E-state index in [0.29, 0.717) is 12.1 Å². The maximum Gasteiger partial charge on any atom is 0.0855 e. The average Bonchev–Trinajstić information content (AvgIpc) is 2.06. The molecule has 0 amide bonds. The summed E-state index contributed by atoms with van der Waals surface area (Å²) in [6, 6.07) is 0.589. The van der Waals surface area contributed by atoms with E-state index in [4.69, 9.17) is 4.74 Å². The molecule has 0 saturated carbocycles. The summed E-state index contributed by atoms with van der Waals surface area (Å²) in [5, 5.41) is 3.31. The smallest absolute Gasteiger partial charge is 0.0855 e. The summed E-state index contributed by atoms with van der Waals surface area (Å²) in [5.74, 6) is 0. The van der Waals surface area contributed by atoms with E-state index in [1.165, 1.54) is 13.0 Å². The number of ether oxygens (including phenoxy) is 1. The van der Waals surface area contributed by atoms with Gasteiger partial charge in [0, 0.05) is 19.1 Å². The van der Waals surface area contributed by atoms with E-state index in [2.05, 4.69) is 10.2 Å². The third kappa shape index (κ3) is 1.41. The van der Waals surface area contributed by atoms with Crippen LogP contribution >= 0.6 is 0 Å². The summed E-state index contributed by atoms with van der Waals surface area (Å²) in [6.45, 7) is 4.42. The van der Waals surface area contributed by atoms with Crippen LogP contribution < -0.4 is 5.32 Å². The number of likely N-dealkylation sites (N-methyl/N-ethyl adjacent to an activating group) is 1. The van der Waals surface area contributed by atoms with Crippen LogP contribution in [-0.2, 0) is 4.74 Å². The molecule has 2 bridgehead atoms. The standard InChI is InChI=1S/C8H16N2O/c1-9-7-2-3-10-4-5-11-8(7)6-10/h7-9H,2-6H2,1H3/t7-,8-/m0/s1. The van der Waals surface area contributed by atoms with Crippen LogP contribution in [0.4, 0.5) is 0 Å². The molecule has 0 spiro atoms. The molecule has 2 saturated heterocycles. The van der Waals surface area contributed by atoms with Crippen molar-refractivity contribution in [3.8, 4) is 0 Å². The summed E-state index contributed by atoms with van der Waals surface area (Å²) in [5.41, 5.74) is 0. The van der Waals surface area contributed by atoms with Gasteiger partial charge in [0.2, 0.25) is 0 Å². The highest BCUT2D eigenvalue weighted by Gasteiger charge is 2.31. The van der Waals surface area contributed by atoms with Crippen molar-refractivity contribution in [2.45, 2.75) is 18.6 Å². The van der Waals surface area contributed by atoms with Crippen LogP contribution in [0.1, 0.15) is 6.42 Å². The molecule has 2 rings (SSSR count). The Kier molecular flexibility index (Phi) is 2.11. The minimum absolute atomic E-state index is 0.447. The van der Waals surface area contributed by atoms with Gasteiger partial charge in [0.15, 0.2) is 0 Å². The van der Waals surface area contributed by atoms with E-state index < -0.39 is 0 Å². The fourth-order valence-electron chi connectivity index (χ4n) is 2.02. The quantitative estimate of drug-likeness (QED) is 0.563. The zero-order valence-electron chi connectivity index (χ0n) is 7.05. The lowest BCUT2D eigenvalue weighted by atomic mass is 10.0. The van der Waals surface area contributed by atoms with E-state index in [-0.39, 0.29) is 0 Å². The van der Waals surface area contributed by atoms with Crippen molar-refractivity contribution in [2.75, 3.05) is 33.3 Å². The Morgan fingerprint density at radius 3 is 3.18 bits per heavy atom. The number of piperidine rings is 1. The molecule has 11 heavy (non-hydrogen) atoms. The number of morpholine rings is 1. The zero-order valence-corrected chi connectivity index (χ0v) is 7.05. The summed E-state index contributed by atoms with van der Waals surface area (Å²) in [4.78, 5) is 2.49. The first-order valence-corrected chi connectivity index (χ1v) is 4.41. The zero-order chi connectivity index (χ0) is 7.68. The predicted octanol–water partition coefficient (Wildman–Crippen LogP) is -0.321. The second-order valence-electron chi connectivity index (χ2n) is 3.39. The Hall–Kier alpha value is -0.120. The van der Waals surface area contributed by atoms with E-state index in [1.807, 2.05) is 7.05 Å². The number of hydrogen-bond donors (Lipinski definition) is 1. The van der Waals surface area contributed by atoms with Gasteiger partial charge >= 0.3 is 0 Å². The van der Waals surface area contributed by atoms with Gasteiger partial charge in [0.1, 0.15) is 0 Å². The highest BCUT2D eigenvalue weighted by molar-refractivity contribution is 4.87. The van der Waals surface area contributed by atoms with Crippen LogP contribution in [0.2, 0.25) is 0 Å². The first kappa shape index (κ1) is 7.53. The van der Waals surface area contributed by atoms with Crippen LogP contribution in [-0.4, -0.2) is 50.3 Å². The molecule has 0 aromatic heterocycles. The number of nitrogens with zero attached hydrogens (tertiary/aromatic N) is 1. The Labute approximate surface area is 67.7 Å². The first-order valence-electron chi connectivity index (χ1n) is 4.41. The van der Waals surface area contributed by atoms with E-state index in [0.717, 1.165) is 19.7 Å². The lowest BCUT2D eigenvalue weighted by Gasteiger charge is -2.42. The molecule has 0 aromatic rings. The molecule has 3 atom stereocenters. The summed E-state index contributed by atoms with van der Waals surface area (Å²) < 4.78 is 5.65. The highest BCUT2D eigenvalue weighted by Crippen LogP contribution is 2.17. The monoisotopic (exact) mass is 156 g/mol. The summed E-state index contributed by atoms with van der Waals surface area (Å²) in [6.07, 6.45) is 1.68. The SMILES string of the molecule is CN[C@H]1CCN2CCO[C@H]1C2. The van der Waals surface area contributed by atoms with E-state index >= 15 is 0 Å². The Bertz CT molecular complexity index is 140. The van der Waals surface area contributed by atoms with E-state index in [9.17, 15) is 0 Å². The third-order valence-electron chi connectivity index (χ3n) is 2.75. The number of fused-ring (bicyclic) bond motifs is 2. The highest BCUT2D eigenvalue weighted by atomic mass is 16.5. The van der Waals surface area contributed by atoms with Crippen molar-refractivity contribution < 1.29 is 4.74 Å². The summed E-state index contributed by atoms with van der Waals surface area (Å²) in [7, 11) is 2.03. The molecule has 1 N–H and O–H groups in total. The minimum atomic E-state index is 0.447. The van der Waals surface area contributed by atoms with Crippen molar-refractivity contribution in [1.29, 1.82) is 0 Å². The van der Waals surface area contributed by atoms with E-state index in [1.54, 1.807) is 0 Å². The third-order valence-corrected chi connectivity index (χ3v) is 2.75. The van der Waals surface area contributed by atoms with Gasteiger partial charge in [-0.15, -0.1) is 0 Å². The Balaban J connectivity index is 1.97. The molecule has 2 fully saturated rings. The Morgan fingerprint density at radius 2 is 2.36 bits per heavy atom. The molecule has 1 unspecified atom stereocenters. The van der Waals surface area contributed by atoms with Crippen LogP contribution in [0, 0.1) is 0 Å². The molecule has 2 aliphatic rings. The molecule has 0 radical (unpaired) electrons. The van der Waals surface area contributed by atoms with Crippen molar-refractivity contribution >= 4 is 0 Å². The van der Waals surface area contributed by atoms with Crippen molar-refractivity contribution in [1.82, 2.24) is 10.2 Å². The van der Waals surface area contributed by atoms with Crippen LogP contribution in [0.5, 0.6) is 0 Å². The lowest BCUT2D eigenvalue weighted by Crippen LogP contribution is -2.57. The van der Waals surface area contributed by atoms with Gasteiger partial charge in [-0.2, -0.15) is 0 Å². The lowest BCUT2D eigenvalue weighted by molar-refractivity contribution is -0.0706. The van der Waals surface area contributed by atoms with Crippen LogP contribution in [0.25, 0.3) is 0 Å². The molecule has 0 aliphatic carbocycles. The van der Waals surface area contributed by atoms with Crippen molar-refractivity contribution in [2.24, 2.45) is 0 Å². The molecular formula is C8H16N2O. The molecule has 0 aromatic carbocycles. The molecule has 3 nitrogen and oxygen atoms in total. The van der Waals surface area contributed by atoms with Crippen LogP contribution in [0.15, 0.2) is 0 Å². The number of rotatable bonds is 1. The molecule has 2 aliphatic heterocycles. The van der Waals surface area contributed by atoms with Gasteiger partial charge in [0.25, 0.3) is 0 Å². The van der Waals surface area contributed by atoms with Crippen molar-refractivity contribution in [3.63, 3.8) is 0 Å². The van der Waals surface area contributed by atoms with Gasteiger partial charge in [-0.05, 0) is 20.0 Å². The topological polar surface area (TPSA) is 24.5 Å². The van der Waals surface area contributed by atoms with Gasteiger partial charge < -0.3 is 10.1 Å². The van der Waals surface area contributed by atoms with Gasteiger partial charge in [-0.25, -0.2) is 0 Å². The first-order chi connectivity index (χ1) is 5.40. The van der Waals surface area contributed by atoms with Crippen LogP contribution in [0.3, 0.4) is 0 Å². The minimum Gasteiger partial charge on any atom is -0.374 e. The average molecular weight is 156 g/mol. The molecule has 2 heterocycles. The maximum atomic E-state index is 5.65. The molecular weight excluding hydrogens is 140 g/mol. The normalized spacial score (nSPS) is 43.9. The number of nitrogens with one attached hydrogen (secondary N) is 1. The van der Waals surface area contributed by atoms with Gasteiger partial charge in [0.05, 0.1) is 12.7 Å². The largest absolute Gasteiger partial charge is 0.374 e. The second-order valence-corrected chi connectivity index (χ2v) is 3.39. The predicted molar refractivity (Wildman–Crippen MR) is 43.6 cm³/mol. The maximum absolute atomic E-state index is 5.65. The second kappa shape index (κ2) is 3.09. The van der Waals surface area contributed by atoms with Crippen molar-refractivity contribution in [3.05, 3.63) is 0 Å². The van der Waals surface area contributed by atoms with Gasteiger partial charge in [-0.3, -0.25) is 4.90 Å². The Morgan fingerprint density at radius 1 is 1.45 bits per heavy atom. The summed E-state index contributed by atoms with van der Waals surface area (Å²) >= 11 is 0. The fourth-order valence-corrected chi connectivity index (χ4v) is 2.02. The molecule has 64 valence electrons. The fraction of sp³-hybridized carbons (Fsp3) is 1.00. The molecule has 3 heteroatoms. The van der Waals surface area contributed by atoms with Gasteiger partial charge in [-0.1, -0.05) is 0 Å².